The number of nitrogens with zero attached hydrogens (tertiary/aromatic N) is 3. The summed E-state index contributed by atoms with van der Waals surface area (Å²) in [7, 11) is 0. The molecule has 4 rings (SSSR count). The fourth-order valence-electron chi connectivity index (χ4n) is 3.16. The van der Waals surface area contributed by atoms with Gasteiger partial charge in [0.05, 0.1) is 6.33 Å². The van der Waals surface area contributed by atoms with Crippen molar-refractivity contribution in [2.24, 2.45) is 0 Å². The zero-order valence-corrected chi connectivity index (χ0v) is 15.7. The van der Waals surface area contributed by atoms with Gasteiger partial charge in [-0.2, -0.15) is 0 Å². The number of amides is 1. The molecule has 0 saturated heterocycles. The first-order valence-electron chi connectivity index (χ1n) is 9.25. The minimum Gasteiger partial charge on any atom is -0.348 e. The van der Waals surface area contributed by atoms with Crippen LogP contribution < -0.4 is 5.32 Å². The number of imidazole rings is 1. The highest BCUT2D eigenvalue weighted by Crippen LogP contribution is 2.16. The van der Waals surface area contributed by atoms with E-state index in [-0.39, 0.29) is 5.91 Å². The monoisotopic (exact) mass is 370 g/mol. The van der Waals surface area contributed by atoms with Crippen LogP contribution in [0.2, 0.25) is 0 Å². The van der Waals surface area contributed by atoms with E-state index in [1.807, 2.05) is 77.1 Å². The number of rotatable bonds is 6. The van der Waals surface area contributed by atoms with Crippen LogP contribution in [0.3, 0.4) is 0 Å². The van der Waals surface area contributed by atoms with Crippen molar-refractivity contribution in [3.05, 3.63) is 108 Å². The summed E-state index contributed by atoms with van der Waals surface area (Å²) < 4.78 is 4.04. The molecule has 0 unspecified atom stereocenters. The van der Waals surface area contributed by atoms with E-state index < -0.39 is 0 Å². The van der Waals surface area contributed by atoms with Crippen molar-refractivity contribution in [3.8, 4) is 5.69 Å². The first kappa shape index (κ1) is 17.8. The highest BCUT2D eigenvalue weighted by molar-refractivity contribution is 5.94. The fraction of sp³-hybridized carbons (Fsp3) is 0.130. The quantitative estimate of drug-likeness (QED) is 0.558. The average Bonchev–Trinajstić information content (AvgIpc) is 3.42. The van der Waals surface area contributed by atoms with E-state index >= 15 is 0 Å². The predicted molar refractivity (Wildman–Crippen MR) is 109 cm³/mol. The van der Waals surface area contributed by atoms with E-state index in [9.17, 15) is 4.79 Å². The number of hydrogen-bond acceptors (Lipinski definition) is 2. The van der Waals surface area contributed by atoms with Crippen molar-refractivity contribution in [3.63, 3.8) is 0 Å². The molecule has 4 aromatic rings. The maximum absolute atomic E-state index is 12.6. The Morgan fingerprint density at radius 3 is 2.46 bits per heavy atom. The van der Waals surface area contributed by atoms with Gasteiger partial charge in [-0.05, 0) is 47.9 Å². The van der Waals surface area contributed by atoms with Crippen LogP contribution in [-0.4, -0.2) is 20.0 Å². The summed E-state index contributed by atoms with van der Waals surface area (Å²) in [6.45, 7) is 3.33. The van der Waals surface area contributed by atoms with E-state index in [4.69, 9.17) is 0 Å². The number of nitrogens with one attached hydrogen (secondary N) is 1. The molecule has 0 aliphatic carbocycles. The molecule has 0 spiro atoms. The topological polar surface area (TPSA) is 51.9 Å². The summed E-state index contributed by atoms with van der Waals surface area (Å²) in [5.41, 5.74) is 5.07. The maximum Gasteiger partial charge on any atom is 0.251 e. The first-order chi connectivity index (χ1) is 13.7. The van der Waals surface area contributed by atoms with E-state index in [0.29, 0.717) is 12.1 Å². The Labute approximate surface area is 164 Å². The summed E-state index contributed by atoms with van der Waals surface area (Å²) >= 11 is 0. The van der Waals surface area contributed by atoms with Crippen LogP contribution in [0.5, 0.6) is 0 Å². The van der Waals surface area contributed by atoms with Gasteiger partial charge in [-0.25, -0.2) is 4.98 Å². The molecule has 1 amide bonds. The van der Waals surface area contributed by atoms with Crippen LogP contribution in [0.1, 0.15) is 27.0 Å². The molecule has 5 heteroatoms. The van der Waals surface area contributed by atoms with Gasteiger partial charge in [0, 0.05) is 49.1 Å². The second-order valence-corrected chi connectivity index (χ2v) is 6.83. The predicted octanol–water partition coefficient (Wildman–Crippen LogP) is 3.96. The van der Waals surface area contributed by atoms with Gasteiger partial charge in [-0.3, -0.25) is 4.79 Å². The number of aromatic nitrogens is 3. The van der Waals surface area contributed by atoms with Crippen molar-refractivity contribution in [1.29, 1.82) is 0 Å². The van der Waals surface area contributed by atoms with E-state index in [0.717, 1.165) is 23.4 Å². The Hall–Kier alpha value is -3.60. The second-order valence-electron chi connectivity index (χ2n) is 6.83. The van der Waals surface area contributed by atoms with Crippen molar-refractivity contribution in [1.82, 2.24) is 19.4 Å². The Balaban J connectivity index is 1.40. The SMILES string of the molecule is Cc1ccc(C(=O)NCc2ccc(Cn3ccnc3)cc2)cc1-n1cccc1. The van der Waals surface area contributed by atoms with Gasteiger partial charge in [0.2, 0.25) is 0 Å². The third kappa shape index (κ3) is 4.04. The summed E-state index contributed by atoms with van der Waals surface area (Å²) in [5, 5.41) is 3.01. The lowest BCUT2D eigenvalue weighted by atomic mass is 10.1. The van der Waals surface area contributed by atoms with Gasteiger partial charge in [0.1, 0.15) is 0 Å². The number of carbonyl (C=O) groups excluding carboxylic acids is 1. The number of hydrogen-bond donors (Lipinski definition) is 1. The molecule has 2 aromatic heterocycles. The minimum absolute atomic E-state index is 0.0732. The standard InChI is InChI=1S/C23H22N4O/c1-18-4-9-21(14-22(18)27-11-2-3-12-27)23(28)25-15-19-5-7-20(8-6-19)16-26-13-10-24-17-26/h2-14,17H,15-16H2,1H3,(H,25,28). The summed E-state index contributed by atoms with van der Waals surface area (Å²) in [6.07, 6.45) is 9.48. The van der Waals surface area contributed by atoms with Crippen LogP contribution in [0, 0.1) is 6.92 Å². The molecule has 2 aromatic carbocycles. The molecule has 0 atom stereocenters. The summed E-state index contributed by atoms with van der Waals surface area (Å²) in [6, 6.07) is 18.0. The van der Waals surface area contributed by atoms with Crippen molar-refractivity contribution in [2.45, 2.75) is 20.0 Å². The van der Waals surface area contributed by atoms with Crippen LogP contribution >= 0.6 is 0 Å². The largest absolute Gasteiger partial charge is 0.348 e. The van der Waals surface area contributed by atoms with Crippen molar-refractivity contribution >= 4 is 5.91 Å². The maximum atomic E-state index is 12.6. The molecule has 0 radical (unpaired) electrons. The van der Waals surface area contributed by atoms with Crippen LogP contribution in [0.4, 0.5) is 0 Å². The molecule has 2 heterocycles. The van der Waals surface area contributed by atoms with Gasteiger partial charge < -0.3 is 14.5 Å². The highest BCUT2D eigenvalue weighted by atomic mass is 16.1. The third-order valence-corrected chi connectivity index (χ3v) is 4.75. The Morgan fingerprint density at radius 1 is 1.00 bits per heavy atom. The van der Waals surface area contributed by atoms with Crippen LogP contribution in [-0.2, 0) is 13.1 Å². The zero-order valence-electron chi connectivity index (χ0n) is 15.7. The summed E-state index contributed by atoms with van der Waals surface area (Å²) in [4.78, 5) is 16.7. The second kappa shape index (κ2) is 7.96. The molecule has 0 bridgehead atoms. The minimum atomic E-state index is -0.0732. The molecule has 0 fully saturated rings. The number of benzene rings is 2. The normalized spacial score (nSPS) is 10.8. The molecular formula is C23H22N4O. The number of aryl methyl sites for hydroxylation is 1. The van der Waals surface area contributed by atoms with Crippen molar-refractivity contribution in [2.75, 3.05) is 0 Å². The van der Waals surface area contributed by atoms with E-state index in [2.05, 4.69) is 22.4 Å². The zero-order chi connectivity index (χ0) is 19.3. The van der Waals surface area contributed by atoms with Crippen LogP contribution in [0.25, 0.3) is 5.69 Å². The molecule has 1 N–H and O–H groups in total. The lowest BCUT2D eigenvalue weighted by molar-refractivity contribution is 0.0951. The molecule has 28 heavy (non-hydrogen) atoms. The van der Waals surface area contributed by atoms with E-state index in [1.54, 1.807) is 12.5 Å². The molecule has 0 aliphatic heterocycles. The van der Waals surface area contributed by atoms with Gasteiger partial charge in [0.25, 0.3) is 5.91 Å². The fourth-order valence-corrected chi connectivity index (χ4v) is 3.16. The first-order valence-corrected chi connectivity index (χ1v) is 9.25. The molecule has 0 saturated carbocycles. The molecule has 5 nitrogen and oxygen atoms in total. The highest BCUT2D eigenvalue weighted by Gasteiger charge is 2.09. The van der Waals surface area contributed by atoms with Gasteiger partial charge in [-0.1, -0.05) is 30.3 Å². The smallest absolute Gasteiger partial charge is 0.251 e. The Bertz CT molecular complexity index is 1050. The molecule has 0 aliphatic rings. The third-order valence-electron chi connectivity index (χ3n) is 4.75. The average molecular weight is 370 g/mol. The Morgan fingerprint density at radius 2 is 1.75 bits per heavy atom. The van der Waals surface area contributed by atoms with E-state index in [1.165, 1.54) is 5.56 Å². The lowest BCUT2D eigenvalue weighted by Crippen LogP contribution is -2.23. The van der Waals surface area contributed by atoms with Crippen molar-refractivity contribution < 1.29 is 4.79 Å². The number of carbonyl (C=O) groups is 1. The Kier molecular flexibility index (Phi) is 5.06. The van der Waals surface area contributed by atoms with Gasteiger partial charge in [-0.15, -0.1) is 0 Å². The van der Waals surface area contributed by atoms with Crippen LogP contribution in [0.15, 0.2) is 85.7 Å². The lowest BCUT2D eigenvalue weighted by Gasteiger charge is -2.11. The van der Waals surface area contributed by atoms with Gasteiger partial charge >= 0.3 is 0 Å². The molecular weight excluding hydrogens is 348 g/mol. The molecule has 140 valence electrons. The van der Waals surface area contributed by atoms with Gasteiger partial charge in [0.15, 0.2) is 0 Å². The summed E-state index contributed by atoms with van der Waals surface area (Å²) in [5.74, 6) is -0.0732.